The van der Waals surface area contributed by atoms with Gasteiger partial charge >= 0.3 is 0 Å². The predicted molar refractivity (Wildman–Crippen MR) is 59.7 cm³/mol. The van der Waals surface area contributed by atoms with Crippen LogP contribution >= 0.6 is 0 Å². The molecule has 5 nitrogen and oxygen atoms in total. The predicted octanol–water partition coefficient (Wildman–Crippen LogP) is 0.406. The van der Waals surface area contributed by atoms with Crippen molar-refractivity contribution in [2.24, 2.45) is 5.73 Å². The molecule has 0 saturated carbocycles. The van der Waals surface area contributed by atoms with E-state index in [0.717, 1.165) is 11.5 Å². The second kappa shape index (κ2) is 5.63. The number of likely N-dealkylation sites (N-methyl/N-ethyl adjacent to an activating group) is 1. The number of hydrogen-bond donors (Lipinski definition) is 1. The van der Waals surface area contributed by atoms with Gasteiger partial charge in [0.15, 0.2) is 5.82 Å². The fourth-order valence-corrected chi connectivity index (χ4v) is 1.23. The Morgan fingerprint density at radius 3 is 2.67 bits per heavy atom. The molecule has 0 aliphatic heterocycles. The molecule has 0 amide bonds. The largest absolute Gasteiger partial charge is 0.383 e. The molecule has 5 heteroatoms. The molecule has 1 rings (SSSR count). The Morgan fingerprint density at radius 2 is 2.20 bits per heavy atom. The minimum absolute atomic E-state index is 0.271. The molecule has 0 bridgehead atoms. The van der Waals surface area contributed by atoms with Crippen LogP contribution in [-0.2, 0) is 11.3 Å². The maximum atomic E-state index is 5.45. The average molecular weight is 210 g/mol. The smallest absolute Gasteiger partial charge is 0.151 e. The Labute approximate surface area is 90.2 Å². The molecule has 1 unspecified atom stereocenters. The maximum absolute atomic E-state index is 5.45. The van der Waals surface area contributed by atoms with E-state index >= 15 is 0 Å². The van der Waals surface area contributed by atoms with Crippen LogP contribution < -0.4 is 10.6 Å². The molecule has 0 spiro atoms. The zero-order valence-corrected chi connectivity index (χ0v) is 9.47. The topological polar surface area (TPSA) is 64.3 Å². The summed E-state index contributed by atoms with van der Waals surface area (Å²) in [6.45, 7) is 3.16. The summed E-state index contributed by atoms with van der Waals surface area (Å²) in [7, 11) is 3.66. The van der Waals surface area contributed by atoms with Crippen molar-refractivity contribution in [2.45, 2.75) is 19.5 Å². The molecule has 15 heavy (non-hydrogen) atoms. The van der Waals surface area contributed by atoms with E-state index in [9.17, 15) is 0 Å². The first-order valence-electron chi connectivity index (χ1n) is 4.93. The molecule has 0 aromatic carbocycles. The molecular weight excluding hydrogens is 192 g/mol. The van der Waals surface area contributed by atoms with Crippen LogP contribution in [0.25, 0.3) is 0 Å². The fraction of sp³-hybridized carbons (Fsp3) is 0.600. The Balaban J connectivity index is 2.69. The van der Waals surface area contributed by atoms with Crippen molar-refractivity contribution in [3.63, 3.8) is 0 Å². The second-order valence-electron chi connectivity index (χ2n) is 3.50. The minimum atomic E-state index is 0.271. The molecule has 0 radical (unpaired) electrons. The lowest BCUT2D eigenvalue weighted by molar-refractivity contribution is 0.183. The van der Waals surface area contributed by atoms with Crippen molar-refractivity contribution in [2.75, 3.05) is 25.7 Å². The molecule has 0 aliphatic carbocycles. The van der Waals surface area contributed by atoms with Crippen LogP contribution in [-0.4, -0.2) is 37.0 Å². The molecule has 0 aliphatic rings. The molecule has 1 aromatic heterocycles. The highest BCUT2D eigenvalue weighted by Crippen LogP contribution is 2.10. The van der Waals surface area contributed by atoms with Gasteiger partial charge < -0.3 is 15.4 Å². The van der Waals surface area contributed by atoms with Crippen molar-refractivity contribution in [3.05, 3.63) is 17.8 Å². The fourth-order valence-electron chi connectivity index (χ4n) is 1.23. The van der Waals surface area contributed by atoms with Crippen molar-refractivity contribution >= 4 is 5.82 Å². The zero-order chi connectivity index (χ0) is 11.3. The molecule has 84 valence electrons. The third-order valence-electron chi connectivity index (χ3n) is 2.35. The number of rotatable bonds is 5. The van der Waals surface area contributed by atoms with Crippen molar-refractivity contribution in [3.8, 4) is 0 Å². The first kappa shape index (κ1) is 11.9. The maximum Gasteiger partial charge on any atom is 0.151 e. The highest BCUT2D eigenvalue weighted by atomic mass is 16.5. The molecule has 2 N–H and O–H groups in total. The SMILES string of the molecule is COCC(C)N(C)c1ccc(CN)nn1. The average Bonchev–Trinajstić information content (AvgIpc) is 2.28. The van der Waals surface area contributed by atoms with E-state index in [2.05, 4.69) is 17.1 Å². The Bertz CT molecular complexity index is 288. The van der Waals surface area contributed by atoms with E-state index < -0.39 is 0 Å². The zero-order valence-electron chi connectivity index (χ0n) is 9.47. The van der Waals surface area contributed by atoms with Crippen LogP contribution in [0, 0.1) is 0 Å². The van der Waals surface area contributed by atoms with E-state index in [1.807, 2.05) is 24.1 Å². The van der Waals surface area contributed by atoms with Gasteiger partial charge in [-0.05, 0) is 19.1 Å². The Hall–Kier alpha value is -1.20. The van der Waals surface area contributed by atoms with Crippen molar-refractivity contribution in [1.29, 1.82) is 0 Å². The van der Waals surface area contributed by atoms with E-state index in [4.69, 9.17) is 10.5 Å². The summed E-state index contributed by atoms with van der Waals surface area (Å²) in [6.07, 6.45) is 0. The number of hydrogen-bond acceptors (Lipinski definition) is 5. The van der Waals surface area contributed by atoms with Gasteiger partial charge in [0.05, 0.1) is 18.3 Å². The van der Waals surface area contributed by atoms with Crippen LogP contribution in [0.4, 0.5) is 5.82 Å². The van der Waals surface area contributed by atoms with E-state index in [-0.39, 0.29) is 6.04 Å². The Morgan fingerprint density at radius 1 is 1.47 bits per heavy atom. The second-order valence-corrected chi connectivity index (χ2v) is 3.50. The summed E-state index contributed by atoms with van der Waals surface area (Å²) in [5.41, 5.74) is 6.25. The number of aromatic nitrogens is 2. The van der Waals surface area contributed by atoms with Crippen LogP contribution in [0.3, 0.4) is 0 Å². The van der Waals surface area contributed by atoms with Gasteiger partial charge in [0.25, 0.3) is 0 Å². The standard InChI is InChI=1S/C10H18N4O/c1-8(7-15-3)14(2)10-5-4-9(6-11)12-13-10/h4-5,8H,6-7,11H2,1-3H3. The normalized spacial score (nSPS) is 12.5. The Kier molecular flexibility index (Phi) is 4.45. The lowest BCUT2D eigenvalue weighted by atomic mass is 10.3. The van der Waals surface area contributed by atoms with Crippen LogP contribution in [0.2, 0.25) is 0 Å². The van der Waals surface area contributed by atoms with E-state index in [1.165, 1.54) is 0 Å². The lowest BCUT2D eigenvalue weighted by Gasteiger charge is -2.24. The quantitative estimate of drug-likeness (QED) is 0.762. The van der Waals surface area contributed by atoms with Gasteiger partial charge in [0.1, 0.15) is 0 Å². The van der Waals surface area contributed by atoms with Gasteiger partial charge in [-0.25, -0.2) is 0 Å². The minimum Gasteiger partial charge on any atom is -0.383 e. The van der Waals surface area contributed by atoms with E-state index in [0.29, 0.717) is 13.2 Å². The van der Waals surface area contributed by atoms with Gasteiger partial charge in [-0.3, -0.25) is 0 Å². The highest BCUT2D eigenvalue weighted by Gasteiger charge is 2.10. The molecule has 1 heterocycles. The first-order chi connectivity index (χ1) is 7.19. The number of methoxy groups -OCH3 is 1. The third kappa shape index (κ3) is 3.14. The van der Waals surface area contributed by atoms with E-state index in [1.54, 1.807) is 7.11 Å². The number of ether oxygens (including phenoxy) is 1. The summed E-state index contributed by atoms with van der Waals surface area (Å²) in [5, 5.41) is 8.10. The molecule has 0 fully saturated rings. The molecule has 1 atom stereocenters. The number of anilines is 1. The summed E-state index contributed by atoms with van der Waals surface area (Å²) in [6, 6.07) is 4.08. The monoisotopic (exact) mass is 210 g/mol. The van der Waals surface area contributed by atoms with Gasteiger partial charge in [-0.15, -0.1) is 5.10 Å². The summed E-state index contributed by atoms with van der Waals surface area (Å²) < 4.78 is 5.08. The number of nitrogens with two attached hydrogens (primary N) is 1. The van der Waals surface area contributed by atoms with Crippen LogP contribution in [0.15, 0.2) is 12.1 Å². The number of nitrogens with zero attached hydrogens (tertiary/aromatic N) is 3. The first-order valence-corrected chi connectivity index (χ1v) is 4.93. The molecule has 1 aromatic rings. The summed E-state index contributed by atoms with van der Waals surface area (Å²) in [4.78, 5) is 2.02. The van der Waals surface area contributed by atoms with Gasteiger partial charge in [0, 0.05) is 20.7 Å². The van der Waals surface area contributed by atoms with Crippen molar-refractivity contribution < 1.29 is 4.74 Å². The van der Waals surface area contributed by atoms with Crippen LogP contribution in [0.1, 0.15) is 12.6 Å². The highest BCUT2D eigenvalue weighted by molar-refractivity contribution is 5.37. The molecular formula is C10H18N4O. The summed E-state index contributed by atoms with van der Waals surface area (Å²) in [5.74, 6) is 0.830. The van der Waals surface area contributed by atoms with Gasteiger partial charge in [0.2, 0.25) is 0 Å². The lowest BCUT2D eigenvalue weighted by Crippen LogP contribution is -2.33. The molecule has 0 saturated heterocycles. The van der Waals surface area contributed by atoms with Crippen molar-refractivity contribution in [1.82, 2.24) is 10.2 Å². The van der Waals surface area contributed by atoms with Gasteiger partial charge in [-0.2, -0.15) is 5.10 Å². The third-order valence-corrected chi connectivity index (χ3v) is 2.35. The summed E-state index contributed by atoms with van der Waals surface area (Å²) >= 11 is 0. The van der Waals surface area contributed by atoms with Crippen LogP contribution in [0.5, 0.6) is 0 Å². The van der Waals surface area contributed by atoms with Gasteiger partial charge in [-0.1, -0.05) is 0 Å².